The standard InChI is InChI=1S/C20H19N3O3/c1-25-15-7-5-12-3-4-13-11-21-20(23-19(13)16(12)10-15)22-14-6-8-18(26-2)17(24)9-14/h5-11,24H,3-4H2,1-2H3,(H,21,22,23). The van der Waals surface area contributed by atoms with Gasteiger partial charge in [0.25, 0.3) is 0 Å². The van der Waals surface area contributed by atoms with E-state index in [1.807, 2.05) is 18.3 Å². The van der Waals surface area contributed by atoms with Crippen LogP contribution >= 0.6 is 0 Å². The van der Waals surface area contributed by atoms with Gasteiger partial charge in [0.15, 0.2) is 11.5 Å². The molecule has 1 aromatic heterocycles. The maximum absolute atomic E-state index is 9.93. The Kier molecular flexibility index (Phi) is 4.08. The fourth-order valence-corrected chi connectivity index (χ4v) is 3.17. The minimum absolute atomic E-state index is 0.0607. The Morgan fingerprint density at radius 1 is 1.00 bits per heavy atom. The molecule has 1 heterocycles. The first-order valence-corrected chi connectivity index (χ1v) is 8.35. The van der Waals surface area contributed by atoms with Gasteiger partial charge in [-0.25, -0.2) is 9.97 Å². The van der Waals surface area contributed by atoms with E-state index in [2.05, 4.69) is 16.4 Å². The minimum atomic E-state index is 0.0607. The Hall–Kier alpha value is -3.28. The summed E-state index contributed by atoms with van der Waals surface area (Å²) >= 11 is 0. The summed E-state index contributed by atoms with van der Waals surface area (Å²) in [5, 5.41) is 13.1. The molecular formula is C20H19N3O3. The zero-order chi connectivity index (χ0) is 18.1. The van der Waals surface area contributed by atoms with Gasteiger partial charge in [0.1, 0.15) is 5.75 Å². The third kappa shape index (κ3) is 2.90. The molecule has 132 valence electrons. The molecule has 0 aliphatic heterocycles. The minimum Gasteiger partial charge on any atom is -0.504 e. The summed E-state index contributed by atoms with van der Waals surface area (Å²) in [7, 11) is 3.18. The number of aromatic nitrogens is 2. The molecule has 0 amide bonds. The number of aromatic hydroxyl groups is 1. The van der Waals surface area contributed by atoms with Crippen LogP contribution in [0.4, 0.5) is 11.6 Å². The lowest BCUT2D eigenvalue weighted by atomic mass is 9.90. The van der Waals surface area contributed by atoms with E-state index in [0.29, 0.717) is 17.4 Å². The zero-order valence-electron chi connectivity index (χ0n) is 14.6. The molecule has 3 aromatic rings. The van der Waals surface area contributed by atoms with Crippen LogP contribution in [0.15, 0.2) is 42.6 Å². The molecule has 0 saturated heterocycles. The highest BCUT2D eigenvalue weighted by molar-refractivity contribution is 5.72. The Labute approximate surface area is 151 Å². The van der Waals surface area contributed by atoms with Crippen LogP contribution in [0.1, 0.15) is 11.1 Å². The SMILES string of the molecule is COc1ccc2c(c1)-c1nc(Nc3ccc(OC)c(O)c3)ncc1CC2. The van der Waals surface area contributed by atoms with Crippen molar-refractivity contribution in [3.05, 3.63) is 53.7 Å². The lowest BCUT2D eigenvalue weighted by molar-refractivity contribution is 0.373. The molecule has 1 aliphatic rings. The molecular weight excluding hydrogens is 330 g/mol. The molecule has 6 heteroatoms. The van der Waals surface area contributed by atoms with E-state index in [-0.39, 0.29) is 5.75 Å². The largest absolute Gasteiger partial charge is 0.504 e. The second-order valence-corrected chi connectivity index (χ2v) is 6.10. The second-order valence-electron chi connectivity index (χ2n) is 6.10. The number of ether oxygens (including phenoxy) is 2. The normalized spacial score (nSPS) is 12.1. The van der Waals surface area contributed by atoms with Crippen molar-refractivity contribution in [2.24, 2.45) is 0 Å². The highest BCUT2D eigenvalue weighted by atomic mass is 16.5. The molecule has 0 atom stereocenters. The van der Waals surface area contributed by atoms with Gasteiger partial charge in [-0.3, -0.25) is 0 Å². The number of rotatable bonds is 4. The molecule has 0 radical (unpaired) electrons. The lowest BCUT2D eigenvalue weighted by Gasteiger charge is -2.20. The van der Waals surface area contributed by atoms with Crippen LogP contribution in [-0.4, -0.2) is 29.3 Å². The van der Waals surface area contributed by atoms with Gasteiger partial charge in [0.05, 0.1) is 19.9 Å². The third-order valence-electron chi connectivity index (χ3n) is 4.54. The molecule has 0 unspecified atom stereocenters. The molecule has 2 aromatic carbocycles. The predicted octanol–water partition coefficient (Wildman–Crippen LogP) is 3.71. The first kappa shape index (κ1) is 16.2. The van der Waals surface area contributed by atoms with E-state index in [1.54, 1.807) is 25.3 Å². The van der Waals surface area contributed by atoms with Crippen molar-refractivity contribution in [3.8, 4) is 28.5 Å². The van der Waals surface area contributed by atoms with Gasteiger partial charge in [-0.05, 0) is 48.2 Å². The molecule has 0 fully saturated rings. The van der Waals surface area contributed by atoms with Crippen molar-refractivity contribution in [2.45, 2.75) is 12.8 Å². The van der Waals surface area contributed by atoms with E-state index < -0.39 is 0 Å². The zero-order valence-corrected chi connectivity index (χ0v) is 14.6. The van der Waals surface area contributed by atoms with E-state index in [0.717, 1.165) is 35.4 Å². The predicted molar refractivity (Wildman–Crippen MR) is 99.4 cm³/mol. The van der Waals surface area contributed by atoms with Crippen LogP contribution in [0.5, 0.6) is 17.2 Å². The highest BCUT2D eigenvalue weighted by Gasteiger charge is 2.19. The van der Waals surface area contributed by atoms with E-state index >= 15 is 0 Å². The summed E-state index contributed by atoms with van der Waals surface area (Å²) in [5.74, 6) is 1.77. The second kappa shape index (κ2) is 6.55. The fourth-order valence-electron chi connectivity index (χ4n) is 3.17. The Morgan fingerprint density at radius 2 is 1.85 bits per heavy atom. The number of hydrogen-bond donors (Lipinski definition) is 2. The third-order valence-corrected chi connectivity index (χ3v) is 4.54. The monoisotopic (exact) mass is 349 g/mol. The average molecular weight is 349 g/mol. The summed E-state index contributed by atoms with van der Waals surface area (Å²) in [6.45, 7) is 0. The average Bonchev–Trinajstić information content (AvgIpc) is 2.67. The summed E-state index contributed by atoms with van der Waals surface area (Å²) in [4.78, 5) is 9.12. The molecule has 6 nitrogen and oxygen atoms in total. The summed E-state index contributed by atoms with van der Waals surface area (Å²) in [6.07, 6.45) is 3.74. The molecule has 26 heavy (non-hydrogen) atoms. The topological polar surface area (TPSA) is 76.5 Å². The number of phenolic OH excluding ortho intramolecular Hbond substituents is 1. The van der Waals surface area contributed by atoms with E-state index in [1.165, 1.54) is 12.7 Å². The first-order valence-electron chi connectivity index (χ1n) is 8.35. The smallest absolute Gasteiger partial charge is 0.227 e. The maximum Gasteiger partial charge on any atom is 0.227 e. The van der Waals surface area contributed by atoms with Crippen molar-refractivity contribution < 1.29 is 14.6 Å². The molecule has 0 saturated carbocycles. The Bertz CT molecular complexity index is 973. The molecule has 0 spiro atoms. The molecule has 1 aliphatic carbocycles. The van der Waals surface area contributed by atoms with Gasteiger partial charge in [-0.2, -0.15) is 0 Å². The van der Waals surface area contributed by atoms with Crippen LogP contribution in [0, 0.1) is 0 Å². The van der Waals surface area contributed by atoms with E-state index in [4.69, 9.17) is 14.5 Å². The Morgan fingerprint density at radius 3 is 2.62 bits per heavy atom. The number of aryl methyl sites for hydroxylation is 2. The van der Waals surface area contributed by atoms with Gasteiger partial charge < -0.3 is 19.9 Å². The number of hydrogen-bond acceptors (Lipinski definition) is 6. The fraction of sp³-hybridized carbons (Fsp3) is 0.200. The number of phenols is 1. The molecule has 4 rings (SSSR count). The van der Waals surface area contributed by atoms with Crippen molar-refractivity contribution in [1.29, 1.82) is 0 Å². The number of benzene rings is 2. The van der Waals surface area contributed by atoms with Gasteiger partial charge in [-0.1, -0.05) is 6.07 Å². The quantitative estimate of drug-likeness (QED) is 0.748. The van der Waals surface area contributed by atoms with Crippen molar-refractivity contribution in [1.82, 2.24) is 9.97 Å². The number of anilines is 2. The molecule has 0 bridgehead atoms. The van der Waals surface area contributed by atoms with Gasteiger partial charge in [0, 0.05) is 23.5 Å². The van der Waals surface area contributed by atoms with Crippen molar-refractivity contribution >= 4 is 11.6 Å². The van der Waals surface area contributed by atoms with Gasteiger partial charge in [-0.15, -0.1) is 0 Å². The van der Waals surface area contributed by atoms with Crippen LogP contribution in [-0.2, 0) is 12.8 Å². The molecule has 2 N–H and O–H groups in total. The maximum atomic E-state index is 9.93. The van der Waals surface area contributed by atoms with Crippen LogP contribution in [0.2, 0.25) is 0 Å². The van der Waals surface area contributed by atoms with Gasteiger partial charge >= 0.3 is 0 Å². The van der Waals surface area contributed by atoms with E-state index in [9.17, 15) is 5.11 Å². The van der Waals surface area contributed by atoms with Gasteiger partial charge in [0.2, 0.25) is 5.95 Å². The highest BCUT2D eigenvalue weighted by Crippen LogP contribution is 2.35. The summed E-state index contributed by atoms with van der Waals surface area (Å²) in [5.41, 5.74) is 5.05. The lowest BCUT2D eigenvalue weighted by Crippen LogP contribution is -2.09. The number of nitrogens with zero attached hydrogens (tertiary/aromatic N) is 2. The van der Waals surface area contributed by atoms with Crippen LogP contribution in [0.3, 0.4) is 0 Å². The van der Waals surface area contributed by atoms with Crippen molar-refractivity contribution in [2.75, 3.05) is 19.5 Å². The first-order chi connectivity index (χ1) is 12.7. The van der Waals surface area contributed by atoms with Crippen LogP contribution in [0.25, 0.3) is 11.3 Å². The van der Waals surface area contributed by atoms with Crippen molar-refractivity contribution in [3.63, 3.8) is 0 Å². The summed E-state index contributed by atoms with van der Waals surface area (Å²) < 4.78 is 10.4. The summed E-state index contributed by atoms with van der Waals surface area (Å²) in [6, 6.07) is 11.2. The number of nitrogens with one attached hydrogen (secondary N) is 1. The number of methoxy groups -OCH3 is 2. The van der Waals surface area contributed by atoms with Crippen LogP contribution < -0.4 is 14.8 Å². The Balaban J connectivity index is 1.69. The number of fused-ring (bicyclic) bond motifs is 3.